The fraction of sp³-hybridized carbons (Fsp3) is 0.556. The van der Waals surface area contributed by atoms with Gasteiger partial charge in [-0.15, -0.1) is 11.3 Å². The molecule has 1 amide bonds. The number of hydrogen-bond donors (Lipinski definition) is 2. The molecular formula is C9H14ClN3O2S. The zero-order chi connectivity index (χ0) is 11.8. The minimum Gasteiger partial charge on any atom is -0.383 e. The van der Waals surface area contributed by atoms with E-state index in [9.17, 15) is 4.79 Å². The second-order valence-electron chi connectivity index (χ2n) is 3.00. The maximum absolute atomic E-state index is 11.2. The lowest BCUT2D eigenvalue weighted by Crippen LogP contribution is -2.35. The summed E-state index contributed by atoms with van der Waals surface area (Å²) < 4.78 is 5.46. The Bertz CT molecular complexity index is 332. The molecule has 0 radical (unpaired) electrons. The molecule has 0 aliphatic heterocycles. The molecule has 16 heavy (non-hydrogen) atoms. The molecule has 90 valence electrons. The SMILES string of the molecule is COCCNC(=O)CNCc1ncc(Cl)s1. The lowest BCUT2D eigenvalue weighted by atomic mass is 10.5. The van der Waals surface area contributed by atoms with Crippen molar-refractivity contribution in [2.75, 3.05) is 26.8 Å². The molecule has 0 aromatic carbocycles. The first-order chi connectivity index (χ1) is 7.72. The Morgan fingerprint density at radius 1 is 1.69 bits per heavy atom. The van der Waals surface area contributed by atoms with Gasteiger partial charge in [0.05, 0.1) is 19.3 Å². The summed E-state index contributed by atoms with van der Waals surface area (Å²) in [5.41, 5.74) is 0. The van der Waals surface area contributed by atoms with Gasteiger partial charge in [-0.25, -0.2) is 4.98 Å². The molecular weight excluding hydrogens is 250 g/mol. The number of ether oxygens (including phenoxy) is 1. The number of halogens is 1. The number of amides is 1. The van der Waals surface area contributed by atoms with E-state index in [1.165, 1.54) is 11.3 Å². The second kappa shape index (κ2) is 7.56. The number of nitrogens with zero attached hydrogens (tertiary/aromatic N) is 1. The van der Waals surface area contributed by atoms with Crippen LogP contribution >= 0.6 is 22.9 Å². The molecule has 0 saturated carbocycles. The van der Waals surface area contributed by atoms with Crippen molar-refractivity contribution < 1.29 is 9.53 Å². The molecule has 7 heteroatoms. The molecule has 0 aliphatic rings. The monoisotopic (exact) mass is 263 g/mol. The van der Waals surface area contributed by atoms with Crippen LogP contribution in [0.3, 0.4) is 0 Å². The smallest absolute Gasteiger partial charge is 0.234 e. The molecule has 0 spiro atoms. The molecule has 1 aromatic rings. The van der Waals surface area contributed by atoms with Crippen LogP contribution in [0.1, 0.15) is 5.01 Å². The summed E-state index contributed by atoms with van der Waals surface area (Å²) >= 11 is 7.12. The normalized spacial score (nSPS) is 10.4. The first kappa shape index (κ1) is 13.4. The summed E-state index contributed by atoms with van der Waals surface area (Å²) in [6.07, 6.45) is 1.60. The molecule has 5 nitrogen and oxygen atoms in total. The summed E-state index contributed by atoms with van der Waals surface area (Å²) in [5, 5.41) is 6.55. The van der Waals surface area contributed by atoms with E-state index in [4.69, 9.17) is 16.3 Å². The van der Waals surface area contributed by atoms with Crippen molar-refractivity contribution in [2.45, 2.75) is 6.54 Å². The lowest BCUT2D eigenvalue weighted by Gasteiger charge is -2.04. The molecule has 0 fully saturated rings. The van der Waals surface area contributed by atoms with Gasteiger partial charge < -0.3 is 15.4 Å². The van der Waals surface area contributed by atoms with E-state index in [0.29, 0.717) is 24.0 Å². The van der Waals surface area contributed by atoms with Gasteiger partial charge in [0.25, 0.3) is 0 Å². The van der Waals surface area contributed by atoms with Crippen LogP contribution in [0.2, 0.25) is 4.34 Å². The highest BCUT2D eigenvalue weighted by atomic mass is 35.5. The van der Waals surface area contributed by atoms with Gasteiger partial charge in [-0.2, -0.15) is 0 Å². The van der Waals surface area contributed by atoms with Crippen LogP contribution in [0.25, 0.3) is 0 Å². The molecule has 0 atom stereocenters. The number of carbonyl (C=O) groups excluding carboxylic acids is 1. The summed E-state index contributed by atoms with van der Waals surface area (Å²) in [6.45, 7) is 1.86. The number of nitrogens with one attached hydrogen (secondary N) is 2. The Balaban J connectivity index is 2.08. The zero-order valence-corrected chi connectivity index (χ0v) is 10.5. The summed E-state index contributed by atoms with van der Waals surface area (Å²) in [7, 11) is 1.59. The maximum atomic E-state index is 11.2. The third-order valence-corrected chi connectivity index (χ3v) is 2.83. The van der Waals surface area contributed by atoms with E-state index in [1.54, 1.807) is 13.3 Å². The average molecular weight is 264 g/mol. The van der Waals surface area contributed by atoms with E-state index in [2.05, 4.69) is 15.6 Å². The van der Waals surface area contributed by atoms with Crippen LogP contribution in [-0.2, 0) is 16.1 Å². The Morgan fingerprint density at radius 2 is 2.50 bits per heavy atom. The highest BCUT2D eigenvalue weighted by molar-refractivity contribution is 7.15. The Labute approximate surface area is 103 Å². The van der Waals surface area contributed by atoms with Gasteiger partial charge >= 0.3 is 0 Å². The Kier molecular flexibility index (Phi) is 6.32. The van der Waals surface area contributed by atoms with E-state index >= 15 is 0 Å². The van der Waals surface area contributed by atoms with Gasteiger partial charge in [0, 0.05) is 20.2 Å². The van der Waals surface area contributed by atoms with Crippen molar-refractivity contribution in [3.63, 3.8) is 0 Å². The molecule has 0 aliphatic carbocycles. The van der Waals surface area contributed by atoms with E-state index < -0.39 is 0 Å². The molecule has 1 rings (SSSR count). The third-order valence-electron chi connectivity index (χ3n) is 1.72. The van der Waals surface area contributed by atoms with Crippen LogP contribution in [-0.4, -0.2) is 37.7 Å². The van der Waals surface area contributed by atoms with Gasteiger partial charge in [-0.1, -0.05) is 11.6 Å². The quantitative estimate of drug-likeness (QED) is 0.709. The fourth-order valence-corrected chi connectivity index (χ4v) is 1.93. The van der Waals surface area contributed by atoms with Crippen LogP contribution in [0, 0.1) is 0 Å². The van der Waals surface area contributed by atoms with E-state index in [0.717, 1.165) is 5.01 Å². The Morgan fingerprint density at radius 3 is 3.12 bits per heavy atom. The molecule has 0 saturated heterocycles. The molecule has 1 heterocycles. The van der Waals surface area contributed by atoms with Crippen molar-refractivity contribution in [2.24, 2.45) is 0 Å². The van der Waals surface area contributed by atoms with Crippen LogP contribution in [0.15, 0.2) is 6.20 Å². The standard InChI is InChI=1S/C9H14ClN3O2S/c1-15-3-2-12-8(14)5-11-6-9-13-4-7(10)16-9/h4,11H,2-3,5-6H2,1H3,(H,12,14). The van der Waals surface area contributed by atoms with Crippen LogP contribution in [0.5, 0.6) is 0 Å². The number of hydrogen-bond acceptors (Lipinski definition) is 5. The van der Waals surface area contributed by atoms with Gasteiger partial charge in [-0.3, -0.25) is 4.79 Å². The first-order valence-electron chi connectivity index (χ1n) is 4.79. The van der Waals surface area contributed by atoms with Crippen molar-refractivity contribution in [3.05, 3.63) is 15.5 Å². The molecule has 0 unspecified atom stereocenters. The second-order valence-corrected chi connectivity index (χ2v) is 4.75. The Hall–Kier alpha value is -0.690. The third kappa shape index (κ3) is 5.41. The highest BCUT2D eigenvalue weighted by Crippen LogP contribution is 2.17. The first-order valence-corrected chi connectivity index (χ1v) is 5.98. The van der Waals surface area contributed by atoms with Crippen molar-refractivity contribution in [1.29, 1.82) is 0 Å². The van der Waals surface area contributed by atoms with E-state index in [1.807, 2.05) is 0 Å². The average Bonchev–Trinajstić information content (AvgIpc) is 2.65. The predicted molar refractivity (Wildman–Crippen MR) is 63.7 cm³/mol. The number of rotatable bonds is 7. The van der Waals surface area contributed by atoms with Crippen molar-refractivity contribution in [1.82, 2.24) is 15.6 Å². The maximum Gasteiger partial charge on any atom is 0.234 e. The van der Waals surface area contributed by atoms with Gasteiger partial charge in [-0.05, 0) is 0 Å². The van der Waals surface area contributed by atoms with E-state index in [-0.39, 0.29) is 12.5 Å². The largest absolute Gasteiger partial charge is 0.383 e. The minimum atomic E-state index is -0.0558. The number of methoxy groups -OCH3 is 1. The summed E-state index contributed by atoms with van der Waals surface area (Å²) in [6, 6.07) is 0. The summed E-state index contributed by atoms with van der Waals surface area (Å²) in [5.74, 6) is -0.0558. The fourth-order valence-electron chi connectivity index (χ4n) is 1.01. The van der Waals surface area contributed by atoms with Crippen molar-refractivity contribution >= 4 is 28.8 Å². The van der Waals surface area contributed by atoms with Gasteiger partial charge in [0.15, 0.2) is 0 Å². The molecule has 2 N–H and O–H groups in total. The van der Waals surface area contributed by atoms with Crippen LogP contribution < -0.4 is 10.6 Å². The zero-order valence-electron chi connectivity index (χ0n) is 8.96. The lowest BCUT2D eigenvalue weighted by molar-refractivity contribution is -0.120. The van der Waals surface area contributed by atoms with Crippen LogP contribution in [0.4, 0.5) is 0 Å². The van der Waals surface area contributed by atoms with Crippen molar-refractivity contribution in [3.8, 4) is 0 Å². The minimum absolute atomic E-state index is 0.0558. The summed E-state index contributed by atoms with van der Waals surface area (Å²) in [4.78, 5) is 15.3. The number of carbonyl (C=O) groups is 1. The predicted octanol–water partition coefficient (Wildman–Crippen LogP) is 0.649. The molecule has 0 bridgehead atoms. The number of aromatic nitrogens is 1. The number of thiazole rings is 1. The van der Waals surface area contributed by atoms with Gasteiger partial charge in [0.2, 0.25) is 5.91 Å². The van der Waals surface area contributed by atoms with Gasteiger partial charge in [0.1, 0.15) is 9.34 Å². The molecule has 1 aromatic heterocycles. The highest BCUT2D eigenvalue weighted by Gasteiger charge is 2.02. The topological polar surface area (TPSA) is 63.2 Å².